The minimum absolute atomic E-state index is 0.204. The minimum atomic E-state index is -0.204. The largest absolute Gasteiger partial charge is 0.382 e. The van der Waals surface area contributed by atoms with Crippen LogP contribution in [0.5, 0.6) is 0 Å². The first-order valence-electron chi connectivity index (χ1n) is 11.0. The molecule has 0 saturated carbocycles. The van der Waals surface area contributed by atoms with E-state index in [2.05, 4.69) is 25.7 Å². The SMILES string of the molecule is CCOCCCNC(=NCc1nnc(C)n1C)NC1CCCN(c2cccc(F)c2)C1. The molecule has 1 aromatic carbocycles. The van der Waals surface area contributed by atoms with Gasteiger partial charge in [-0.2, -0.15) is 0 Å². The molecule has 1 atom stereocenters. The van der Waals surface area contributed by atoms with Gasteiger partial charge in [-0.05, 0) is 51.3 Å². The van der Waals surface area contributed by atoms with Crippen LogP contribution in [0.15, 0.2) is 29.3 Å². The number of anilines is 1. The summed E-state index contributed by atoms with van der Waals surface area (Å²) in [6.45, 7) is 8.30. The van der Waals surface area contributed by atoms with Gasteiger partial charge in [0, 0.05) is 51.6 Å². The zero-order chi connectivity index (χ0) is 22.1. The van der Waals surface area contributed by atoms with E-state index in [-0.39, 0.29) is 11.9 Å². The molecule has 1 aliphatic heterocycles. The van der Waals surface area contributed by atoms with Crippen molar-refractivity contribution in [3.8, 4) is 0 Å². The molecule has 2 aromatic rings. The molecule has 0 spiro atoms. The van der Waals surface area contributed by atoms with Gasteiger partial charge in [-0.25, -0.2) is 9.38 Å². The van der Waals surface area contributed by atoms with E-state index < -0.39 is 0 Å². The molecule has 8 nitrogen and oxygen atoms in total. The van der Waals surface area contributed by atoms with Crippen LogP contribution in [0.25, 0.3) is 0 Å². The number of halogens is 1. The Balaban J connectivity index is 1.63. The predicted octanol–water partition coefficient (Wildman–Crippen LogP) is 2.39. The molecule has 9 heteroatoms. The summed E-state index contributed by atoms with van der Waals surface area (Å²) in [6.07, 6.45) is 2.97. The molecule has 31 heavy (non-hydrogen) atoms. The molecule has 1 saturated heterocycles. The second kappa shape index (κ2) is 11.6. The zero-order valence-corrected chi connectivity index (χ0v) is 18.8. The molecular weight excluding hydrogens is 397 g/mol. The highest BCUT2D eigenvalue weighted by Crippen LogP contribution is 2.20. The summed E-state index contributed by atoms with van der Waals surface area (Å²) in [5, 5.41) is 15.3. The van der Waals surface area contributed by atoms with Crippen molar-refractivity contribution < 1.29 is 9.13 Å². The van der Waals surface area contributed by atoms with Gasteiger partial charge in [0.1, 0.15) is 18.2 Å². The Kier molecular flexibility index (Phi) is 8.63. The standard InChI is InChI=1S/C22H34FN7O/c1-4-31-13-7-11-24-22(25-15-21-28-27-17(2)29(21)3)26-19-9-6-12-30(16-19)20-10-5-8-18(23)14-20/h5,8,10,14,19H,4,6-7,9,11-13,15-16H2,1-3H3,(H2,24,25,26). The van der Waals surface area contributed by atoms with Crippen LogP contribution in [0.1, 0.15) is 37.8 Å². The Morgan fingerprint density at radius 1 is 1.35 bits per heavy atom. The van der Waals surface area contributed by atoms with E-state index in [1.807, 2.05) is 31.5 Å². The summed E-state index contributed by atoms with van der Waals surface area (Å²) in [5.41, 5.74) is 0.921. The molecule has 2 N–H and O–H groups in total. The fourth-order valence-electron chi connectivity index (χ4n) is 3.61. The Hall–Kier alpha value is -2.68. The van der Waals surface area contributed by atoms with Gasteiger partial charge >= 0.3 is 0 Å². The molecule has 1 unspecified atom stereocenters. The molecule has 0 aliphatic carbocycles. The van der Waals surface area contributed by atoms with Gasteiger partial charge in [0.15, 0.2) is 11.8 Å². The maximum Gasteiger partial charge on any atom is 0.191 e. The average Bonchev–Trinajstić information content (AvgIpc) is 3.09. The van der Waals surface area contributed by atoms with Gasteiger partial charge in [0.25, 0.3) is 0 Å². The number of rotatable bonds is 9. The monoisotopic (exact) mass is 431 g/mol. The highest BCUT2D eigenvalue weighted by Gasteiger charge is 2.21. The van der Waals surface area contributed by atoms with Gasteiger partial charge in [-0.1, -0.05) is 6.07 Å². The maximum absolute atomic E-state index is 13.7. The van der Waals surface area contributed by atoms with Crippen LogP contribution >= 0.6 is 0 Å². The van der Waals surface area contributed by atoms with Crippen LogP contribution in [0.3, 0.4) is 0 Å². The topological polar surface area (TPSA) is 79.6 Å². The van der Waals surface area contributed by atoms with Gasteiger partial charge in [0.2, 0.25) is 0 Å². The van der Waals surface area contributed by atoms with Gasteiger partial charge in [-0.15, -0.1) is 10.2 Å². The van der Waals surface area contributed by atoms with Crippen molar-refractivity contribution in [1.82, 2.24) is 25.4 Å². The summed E-state index contributed by atoms with van der Waals surface area (Å²) in [7, 11) is 1.95. The van der Waals surface area contributed by atoms with Gasteiger partial charge < -0.3 is 24.8 Å². The number of nitrogens with one attached hydrogen (secondary N) is 2. The molecule has 0 radical (unpaired) electrons. The van der Waals surface area contributed by atoms with Crippen molar-refractivity contribution >= 4 is 11.6 Å². The van der Waals surface area contributed by atoms with Crippen molar-refractivity contribution in [1.29, 1.82) is 0 Å². The smallest absolute Gasteiger partial charge is 0.191 e. The second-order valence-corrected chi connectivity index (χ2v) is 7.77. The van der Waals surface area contributed by atoms with Crippen LogP contribution < -0.4 is 15.5 Å². The first kappa shape index (κ1) is 23.0. The lowest BCUT2D eigenvalue weighted by molar-refractivity contribution is 0.145. The maximum atomic E-state index is 13.7. The van der Waals surface area contributed by atoms with E-state index in [0.29, 0.717) is 6.54 Å². The second-order valence-electron chi connectivity index (χ2n) is 7.77. The number of benzene rings is 1. The fraction of sp³-hybridized carbons (Fsp3) is 0.591. The van der Waals surface area contributed by atoms with Crippen LogP contribution in [-0.4, -0.2) is 59.6 Å². The van der Waals surface area contributed by atoms with Crippen molar-refractivity contribution in [3.05, 3.63) is 41.7 Å². The normalized spacial score (nSPS) is 17.1. The third-order valence-electron chi connectivity index (χ3n) is 5.46. The van der Waals surface area contributed by atoms with E-state index in [0.717, 1.165) is 75.4 Å². The molecule has 1 fully saturated rings. The Bertz CT molecular complexity index is 854. The number of ether oxygens (including phenoxy) is 1. The number of aryl methyl sites for hydroxylation is 1. The molecule has 1 aliphatic rings. The van der Waals surface area contributed by atoms with Crippen LogP contribution in [-0.2, 0) is 18.3 Å². The zero-order valence-electron chi connectivity index (χ0n) is 18.8. The highest BCUT2D eigenvalue weighted by molar-refractivity contribution is 5.80. The van der Waals surface area contributed by atoms with Gasteiger partial charge in [-0.3, -0.25) is 0 Å². The summed E-state index contributed by atoms with van der Waals surface area (Å²) in [4.78, 5) is 6.97. The van der Waals surface area contributed by atoms with Crippen molar-refractivity contribution in [2.24, 2.45) is 12.0 Å². The molecule has 3 rings (SSSR count). The van der Waals surface area contributed by atoms with E-state index >= 15 is 0 Å². The lowest BCUT2D eigenvalue weighted by Gasteiger charge is -2.35. The lowest BCUT2D eigenvalue weighted by atomic mass is 10.0. The number of hydrogen-bond donors (Lipinski definition) is 2. The summed E-state index contributed by atoms with van der Waals surface area (Å²) in [6, 6.07) is 7.02. The molecule has 2 heterocycles. The number of piperidine rings is 1. The van der Waals surface area contributed by atoms with Crippen molar-refractivity contribution in [2.45, 2.75) is 45.7 Å². The molecule has 170 valence electrons. The fourth-order valence-corrected chi connectivity index (χ4v) is 3.61. The van der Waals surface area contributed by atoms with Crippen molar-refractivity contribution in [3.63, 3.8) is 0 Å². The first-order chi connectivity index (χ1) is 15.1. The molecule has 1 aromatic heterocycles. The average molecular weight is 432 g/mol. The van der Waals surface area contributed by atoms with E-state index in [1.54, 1.807) is 12.1 Å². The third-order valence-corrected chi connectivity index (χ3v) is 5.46. The molecule has 0 bridgehead atoms. The third kappa shape index (κ3) is 6.92. The van der Waals surface area contributed by atoms with Crippen LogP contribution in [0.2, 0.25) is 0 Å². The summed E-state index contributed by atoms with van der Waals surface area (Å²) in [5.74, 6) is 2.23. The lowest BCUT2D eigenvalue weighted by Crippen LogP contribution is -2.51. The molecule has 0 amide bonds. The summed E-state index contributed by atoms with van der Waals surface area (Å²) >= 11 is 0. The van der Waals surface area contributed by atoms with Crippen LogP contribution in [0.4, 0.5) is 10.1 Å². The predicted molar refractivity (Wildman–Crippen MR) is 121 cm³/mol. The van der Waals surface area contributed by atoms with Crippen molar-refractivity contribution in [2.75, 3.05) is 37.7 Å². The van der Waals surface area contributed by atoms with E-state index in [9.17, 15) is 4.39 Å². The van der Waals surface area contributed by atoms with Gasteiger partial charge in [0.05, 0.1) is 0 Å². The highest BCUT2D eigenvalue weighted by atomic mass is 19.1. The summed E-state index contributed by atoms with van der Waals surface area (Å²) < 4.78 is 21.0. The number of hydrogen-bond acceptors (Lipinski definition) is 5. The number of aromatic nitrogens is 3. The Labute approximate surface area is 183 Å². The number of nitrogens with zero attached hydrogens (tertiary/aromatic N) is 5. The Morgan fingerprint density at radius 3 is 2.97 bits per heavy atom. The number of aliphatic imine (C=N–C) groups is 1. The minimum Gasteiger partial charge on any atom is -0.382 e. The first-order valence-corrected chi connectivity index (χ1v) is 11.0. The quantitative estimate of drug-likeness (QED) is 0.361. The van der Waals surface area contributed by atoms with E-state index in [1.165, 1.54) is 6.07 Å². The van der Waals surface area contributed by atoms with E-state index in [4.69, 9.17) is 9.73 Å². The Morgan fingerprint density at radius 2 is 2.23 bits per heavy atom. The molecular formula is C22H34FN7O. The van der Waals surface area contributed by atoms with Crippen LogP contribution in [0, 0.1) is 12.7 Å². The number of guanidine groups is 1.